The Labute approximate surface area is 121 Å². The van der Waals surface area contributed by atoms with Crippen molar-refractivity contribution in [3.63, 3.8) is 0 Å². The van der Waals surface area contributed by atoms with Gasteiger partial charge >= 0.3 is 0 Å². The zero-order chi connectivity index (χ0) is 15.0. The van der Waals surface area contributed by atoms with Crippen molar-refractivity contribution in [2.24, 2.45) is 0 Å². The number of rotatable bonds is 2. The van der Waals surface area contributed by atoms with E-state index in [4.69, 9.17) is 10.3 Å². The van der Waals surface area contributed by atoms with Gasteiger partial charge in [-0.3, -0.25) is 0 Å². The van der Waals surface area contributed by atoms with E-state index in [1.807, 2.05) is 26.0 Å². The van der Waals surface area contributed by atoms with Crippen LogP contribution in [-0.4, -0.2) is 10.1 Å². The Balaban J connectivity index is 2.07. The van der Waals surface area contributed by atoms with Crippen LogP contribution < -0.4 is 5.73 Å². The summed E-state index contributed by atoms with van der Waals surface area (Å²) in [5, 5.41) is 3.90. The van der Waals surface area contributed by atoms with Crippen LogP contribution in [0, 0.1) is 19.7 Å². The average molecular weight is 283 g/mol. The Morgan fingerprint density at radius 1 is 1.14 bits per heavy atom. The highest BCUT2D eigenvalue weighted by atomic mass is 19.1. The molecule has 0 fully saturated rings. The first kappa shape index (κ1) is 13.3. The van der Waals surface area contributed by atoms with Crippen LogP contribution in [-0.2, 0) is 0 Å². The monoisotopic (exact) mass is 283 g/mol. The second kappa shape index (κ2) is 5.01. The molecule has 2 N–H and O–H groups in total. The molecule has 0 aliphatic carbocycles. The van der Waals surface area contributed by atoms with E-state index in [1.54, 1.807) is 12.1 Å². The van der Waals surface area contributed by atoms with Crippen molar-refractivity contribution >= 4 is 5.69 Å². The molecule has 0 radical (unpaired) electrons. The summed E-state index contributed by atoms with van der Waals surface area (Å²) in [5.74, 6) is 0.325. The minimum Gasteiger partial charge on any atom is -0.398 e. The molecule has 0 saturated heterocycles. The molecule has 106 valence electrons. The molecule has 0 bridgehead atoms. The fraction of sp³-hybridized carbons (Fsp3) is 0.125. The number of aromatic nitrogens is 2. The summed E-state index contributed by atoms with van der Waals surface area (Å²) in [6.45, 7) is 3.90. The van der Waals surface area contributed by atoms with E-state index in [-0.39, 0.29) is 5.82 Å². The molecular formula is C16H14FN3O. The second-order valence-corrected chi connectivity index (χ2v) is 4.98. The van der Waals surface area contributed by atoms with Crippen LogP contribution in [0.15, 0.2) is 40.9 Å². The van der Waals surface area contributed by atoms with Gasteiger partial charge in [0.05, 0.1) is 5.56 Å². The van der Waals surface area contributed by atoms with Gasteiger partial charge < -0.3 is 10.3 Å². The zero-order valence-corrected chi connectivity index (χ0v) is 11.7. The molecule has 21 heavy (non-hydrogen) atoms. The van der Waals surface area contributed by atoms with Crippen LogP contribution in [0.25, 0.3) is 22.8 Å². The highest BCUT2D eigenvalue weighted by molar-refractivity contribution is 5.75. The lowest BCUT2D eigenvalue weighted by Gasteiger charge is -2.06. The first-order valence-electron chi connectivity index (χ1n) is 6.51. The summed E-state index contributed by atoms with van der Waals surface area (Å²) in [5.41, 5.74) is 9.95. The number of anilines is 1. The molecule has 5 heteroatoms. The third-order valence-corrected chi connectivity index (χ3v) is 3.27. The van der Waals surface area contributed by atoms with Crippen molar-refractivity contribution in [2.75, 3.05) is 5.73 Å². The largest absolute Gasteiger partial charge is 0.398 e. The number of aryl methyl sites for hydroxylation is 2. The molecule has 3 aromatic rings. The Kier molecular flexibility index (Phi) is 3.17. The molecule has 0 aliphatic rings. The molecule has 1 aromatic heterocycles. The number of hydrogen-bond acceptors (Lipinski definition) is 4. The van der Waals surface area contributed by atoms with Crippen molar-refractivity contribution in [1.82, 2.24) is 10.1 Å². The smallest absolute Gasteiger partial charge is 0.260 e. The fourth-order valence-corrected chi connectivity index (χ4v) is 2.23. The topological polar surface area (TPSA) is 64.9 Å². The Bertz CT molecular complexity index is 811. The van der Waals surface area contributed by atoms with Crippen molar-refractivity contribution in [3.8, 4) is 22.8 Å². The van der Waals surface area contributed by atoms with E-state index >= 15 is 0 Å². The lowest BCUT2D eigenvalue weighted by Crippen LogP contribution is -1.95. The summed E-state index contributed by atoms with van der Waals surface area (Å²) in [4.78, 5) is 4.31. The van der Waals surface area contributed by atoms with Gasteiger partial charge in [-0.05, 0) is 43.2 Å². The summed E-state index contributed by atoms with van der Waals surface area (Å²) in [6, 6.07) is 9.94. The van der Waals surface area contributed by atoms with E-state index in [2.05, 4.69) is 10.1 Å². The van der Waals surface area contributed by atoms with E-state index < -0.39 is 0 Å². The number of halogens is 1. The van der Waals surface area contributed by atoms with E-state index in [0.29, 0.717) is 28.5 Å². The van der Waals surface area contributed by atoms with Gasteiger partial charge in [-0.15, -0.1) is 0 Å². The molecule has 0 saturated carbocycles. The van der Waals surface area contributed by atoms with Gasteiger partial charge in [0.1, 0.15) is 5.82 Å². The van der Waals surface area contributed by atoms with Crippen LogP contribution >= 0.6 is 0 Å². The van der Waals surface area contributed by atoms with Gasteiger partial charge in [-0.1, -0.05) is 23.4 Å². The first-order chi connectivity index (χ1) is 10.0. The van der Waals surface area contributed by atoms with Crippen LogP contribution in [0.4, 0.5) is 10.1 Å². The lowest BCUT2D eigenvalue weighted by atomic mass is 10.0. The van der Waals surface area contributed by atoms with Crippen molar-refractivity contribution in [3.05, 3.63) is 53.3 Å². The molecular weight excluding hydrogens is 269 g/mol. The number of nitrogens with zero attached hydrogens (tertiary/aromatic N) is 2. The normalized spacial score (nSPS) is 10.8. The fourth-order valence-electron chi connectivity index (χ4n) is 2.23. The number of nitrogen functional groups attached to an aromatic ring is 1. The molecule has 3 rings (SSSR count). The maximum Gasteiger partial charge on any atom is 0.260 e. The predicted molar refractivity (Wildman–Crippen MR) is 79.0 cm³/mol. The van der Waals surface area contributed by atoms with Gasteiger partial charge in [-0.25, -0.2) is 4.39 Å². The highest BCUT2D eigenvalue weighted by Gasteiger charge is 2.15. The molecule has 4 nitrogen and oxygen atoms in total. The molecule has 1 heterocycles. The summed E-state index contributed by atoms with van der Waals surface area (Å²) in [7, 11) is 0. The molecule has 0 spiro atoms. The van der Waals surface area contributed by atoms with Crippen LogP contribution in [0.1, 0.15) is 11.1 Å². The quantitative estimate of drug-likeness (QED) is 0.727. The maximum absolute atomic E-state index is 13.2. The van der Waals surface area contributed by atoms with Gasteiger partial charge in [0, 0.05) is 11.3 Å². The van der Waals surface area contributed by atoms with Crippen molar-refractivity contribution in [1.29, 1.82) is 0 Å². The van der Waals surface area contributed by atoms with E-state index in [9.17, 15) is 4.39 Å². The summed E-state index contributed by atoms with van der Waals surface area (Å²) < 4.78 is 18.5. The zero-order valence-electron chi connectivity index (χ0n) is 11.7. The van der Waals surface area contributed by atoms with Gasteiger partial charge in [0.15, 0.2) is 0 Å². The predicted octanol–water partition coefficient (Wildman–Crippen LogP) is 3.74. The lowest BCUT2D eigenvalue weighted by molar-refractivity contribution is 0.432. The maximum atomic E-state index is 13.2. The van der Waals surface area contributed by atoms with Crippen LogP contribution in [0.2, 0.25) is 0 Å². The van der Waals surface area contributed by atoms with Crippen molar-refractivity contribution in [2.45, 2.75) is 13.8 Å². The first-order valence-corrected chi connectivity index (χ1v) is 6.51. The molecule has 0 atom stereocenters. The molecule has 0 amide bonds. The minimum atomic E-state index is -0.343. The van der Waals surface area contributed by atoms with E-state index in [1.165, 1.54) is 12.1 Å². The Morgan fingerprint density at radius 2 is 1.95 bits per heavy atom. The standard InChI is InChI=1S/C16H14FN3O/c1-9-6-10(2)14(18)13(7-9)16-19-15(20-21-16)11-4-3-5-12(17)8-11/h3-8H,18H2,1-2H3. The second-order valence-electron chi connectivity index (χ2n) is 4.98. The Hall–Kier alpha value is -2.69. The molecule has 0 aliphatic heterocycles. The van der Waals surface area contributed by atoms with Gasteiger partial charge in [-0.2, -0.15) is 4.98 Å². The average Bonchev–Trinajstić information content (AvgIpc) is 2.92. The molecule has 0 unspecified atom stereocenters. The SMILES string of the molecule is Cc1cc(C)c(N)c(-c2nc(-c3cccc(F)c3)no2)c1. The third kappa shape index (κ3) is 2.50. The van der Waals surface area contributed by atoms with Crippen molar-refractivity contribution < 1.29 is 8.91 Å². The third-order valence-electron chi connectivity index (χ3n) is 3.27. The van der Waals surface area contributed by atoms with Crippen LogP contribution in [0.5, 0.6) is 0 Å². The summed E-state index contributed by atoms with van der Waals surface area (Å²) >= 11 is 0. The highest BCUT2D eigenvalue weighted by Crippen LogP contribution is 2.30. The molecule has 2 aromatic carbocycles. The van der Waals surface area contributed by atoms with Gasteiger partial charge in [0.2, 0.25) is 5.82 Å². The summed E-state index contributed by atoms with van der Waals surface area (Å²) in [6.07, 6.45) is 0. The number of benzene rings is 2. The van der Waals surface area contributed by atoms with Gasteiger partial charge in [0.25, 0.3) is 5.89 Å². The van der Waals surface area contributed by atoms with Crippen LogP contribution in [0.3, 0.4) is 0 Å². The number of nitrogens with two attached hydrogens (primary N) is 1. The Morgan fingerprint density at radius 3 is 2.71 bits per heavy atom. The number of hydrogen-bond donors (Lipinski definition) is 1. The minimum absolute atomic E-state index is 0.332. The van der Waals surface area contributed by atoms with E-state index in [0.717, 1.165) is 11.1 Å².